The van der Waals surface area contributed by atoms with Crippen LogP contribution in [-0.4, -0.2) is 51.1 Å². The van der Waals surface area contributed by atoms with E-state index in [0.29, 0.717) is 10.2 Å². The highest BCUT2D eigenvalue weighted by Crippen LogP contribution is 2.26. The van der Waals surface area contributed by atoms with E-state index in [2.05, 4.69) is 10.3 Å². The van der Waals surface area contributed by atoms with Gasteiger partial charge in [-0.3, -0.25) is 14.2 Å². The van der Waals surface area contributed by atoms with Gasteiger partial charge in [-0.15, -0.1) is 0 Å². The second-order valence-corrected chi connectivity index (χ2v) is 8.65. The summed E-state index contributed by atoms with van der Waals surface area (Å²) in [5.41, 5.74) is 1.55. The van der Waals surface area contributed by atoms with Gasteiger partial charge in [-0.05, 0) is 45.4 Å². The average Bonchev–Trinajstić information content (AvgIpc) is 3.01. The number of aromatic nitrogens is 2. The Kier molecular flexibility index (Phi) is 6.95. The monoisotopic (exact) mass is 408 g/mol. The second-order valence-electron chi connectivity index (χ2n) is 7.30. The number of hydrogen-bond acceptors (Lipinski definition) is 4. The number of rotatable bonds is 6. The van der Waals surface area contributed by atoms with Crippen LogP contribution in [0.3, 0.4) is 0 Å². The summed E-state index contributed by atoms with van der Waals surface area (Å²) < 4.78 is 1.91. The molecule has 0 radical (unpaired) electrons. The molecule has 0 atom stereocenters. The molecule has 1 N–H and O–H groups in total. The van der Waals surface area contributed by atoms with Gasteiger partial charge in [-0.1, -0.05) is 29.4 Å². The quantitative estimate of drug-likeness (QED) is 0.744. The van der Waals surface area contributed by atoms with Crippen LogP contribution in [0.5, 0.6) is 0 Å². The minimum atomic E-state index is -0.324. The minimum absolute atomic E-state index is 0.0263. The number of likely N-dealkylation sites (N-methyl/N-ethyl adjacent to an activating group) is 1. The van der Waals surface area contributed by atoms with Gasteiger partial charge in [0.05, 0.1) is 18.0 Å². The largest absolute Gasteiger partial charge is 0.350 e. The third-order valence-electron chi connectivity index (χ3n) is 3.75. The summed E-state index contributed by atoms with van der Waals surface area (Å²) in [6.07, 6.45) is 3.53. The summed E-state index contributed by atoms with van der Waals surface area (Å²) in [5.74, 6) is -0.128. The second kappa shape index (κ2) is 8.80. The molecule has 27 heavy (non-hydrogen) atoms. The molecule has 0 fully saturated rings. The normalized spacial score (nSPS) is 11.3. The summed E-state index contributed by atoms with van der Waals surface area (Å²) in [4.78, 5) is 30.1. The lowest BCUT2D eigenvalue weighted by Crippen LogP contribution is -2.46. The Morgan fingerprint density at radius 3 is 2.70 bits per heavy atom. The van der Waals surface area contributed by atoms with Crippen molar-refractivity contribution in [1.82, 2.24) is 19.8 Å². The highest BCUT2D eigenvalue weighted by atomic mass is 35.5. The third-order valence-corrected chi connectivity index (χ3v) is 5.11. The Bertz CT molecular complexity index is 829. The van der Waals surface area contributed by atoms with Crippen molar-refractivity contribution in [3.63, 3.8) is 0 Å². The highest BCUT2D eigenvalue weighted by Gasteiger charge is 2.19. The molecule has 1 aromatic carbocycles. The van der Waals surface area contributed by atoms with E-state index in [9.17, 15) is 9.59 Å². The molecule has 0 saturated carbocycles. The van der Waals surface area contributed by atoms with Crippen molar-refractivity contribution in [2.24, 2.45) is 0 Å². The maximum atomic E-state index is 12.4. The predicted molar refractivity (Wildman–Crippen MR) is 110 cm³/mol. The number of carbonyl (C=O) groups excluding carboxylic acids is 2. The van der Waals surface area contributed by atoms with Gasteiger partial charge in [0.2, 0.25) is 11.8 Å². The molecule has 0 aliphatic rings. The van der Waals surface area contributed by atoms with Crippen molar-refractivity contribution in [2.75, 3.05) is 19.3 Å². The molecule has 1 heterocycles. The van der Waals surface area contributed by atoms with Gasteiger partial charge in [-0.2, -0.15) is 0 Å². The van der Waals surface area contributed by atoms with Gasteiger partial charge >= 0.3 is 0 Å². The van der Waals surface area contributed by atoms with Gasteiger partial charge in [0.15, 0.2) is 5.16 Å². The zero-order valence-electron chi connectivity index (χ0n) is 16.2. The number of hydrogen-bond donors (Lipinski definition) is 1. The lowest BCUT2D eigenvalue weighted by Gasteiger charge is -2.23. The van der Waals surface area contributed by atoms with Gasteiger partial charge in [0.1, 0.15) is 0 Å². The molecule has 2 amide bonds. The lowest BCUT2D eigenvalue weighted by atomic mass is 10.1. The molecule has 2 rings (SSSR count). The smallest absolute Gasteiger partial charge is 0.240 e. The topological polar surface area (TPSA) is 67.2 Å². The molecule has 146 valence electrons. The van der Waals surface area contributed by atoms with Crippen LogP contribution in [0.25, 0.3) is 5.69 Å². The number of amides is 2. The fourth-order valence-electron chi connectivity index (χ4n) is 2.43. The Morgan fingerprint density at radius 1 is 1.33 bits per heavy atom. The van der Waals surface area contributed by atoms with Crippen LogP contribution in [0, 0.1) is 6.92 Å². The summed E-state index contributed by atoms with van der Waals surface area (Å²) in [7, 11) is 1.62. The van der Waals surface area contributed by atoms with Crippen molar-refractivity contribution in [3.05, 3.63) is 41.2 Å². The fraction of sp³-hybridized carbons (Fsp3) is 0.421. The number of carbonyl (C=O) groups is 2. The third kappa shape index (κ3) is 6.01. The summed E-state index contributed by atoms with van der Waals surface area (Å²) in [5, 5.41) is 4.22. The van der Waals surface area contributed by atoms with Crippen molar-refractivity contribution in [1.29, 1.82) is 0 Å². The summed E-state index contributed by atoms with van der Waals surface area (Å²) >= 11 is 7.53. The van der Waals surface area contributed by atoms with Crippen LogP contribution < -0.4 is 5.32 Å². The van der Waals surface area contributed by atoms with Crippen LogP contribution >= 0.6 is 23.4 Å². The first-order valence-corrected chi connectivity index (χ1v) is 9.91. The van der Waals surface area contributed by atoms with E-state index < -0.39 is 0 Å². The van der Waals surface area contributed by atoms with Crippen molar-refractivity contribution < 1.29 is 9.59 Å². The molecular weight excluding hydrogens is 384 g/mol. The number of benzene rings is 1. The first-order chi connectivity index (χ1) is 12.6. The van der Waals surface area contributed by atoms with E-state index >= 15 is 0 Å². The maximum Gasteiger partial charge on any atom is 0.240 e. The Labute approximate surface area is 169 Å². The maximum absolute atomic E-state index is 12.4. The molecule has 8 heteroatoms. The number of imidazole rings is 1. The number of halogens is 1. The van der Waals surface area contributed by atoms with Crippen LogP contribution in [0.15, 0.2) is 35.7 Å². The van der Waals surface area contributed by atoms with E-state index in [1.807, 2.05) is 56.7 Å². The van der Waals surface area contributed by atoms with Crippen LogP contribution in [-0.2, 0) is 9.59 Å². The molecule has 0 aliphatic carbocycles. The molecule has 0 spiro atoms. The molecule has 2 aromatic rings. The van der Waals surface area contributed by atoms with Gasteiger partial charge < -0.3 is 10.2 Å². The average molecular weight is 409 g/mol. The zero-order valence-corrected chi connectivity index (χ0v) is 17.8. The van der Waals surface area contributed by atoms with E-state index in [0.717, 1.165) is 11.3 Å². The molecular formula is C19H25ClN4O2S. The van der Waals surface area contributed by atoms with E-state index in [1.165, 1.54) is 16.7 Å². The predicted octanol–water partition coefficient (Wildman–Crippen LogP) is 3.30. The van der Waals surface area contributed by atoms with Crippen LogP contribution in [0.2, 0.25) is 5.02 Å². The molecule has 0 bridgehead atoms. The summed E-state index contributed by atoms with van der Waals surface area (Å²) in [6.45, 7) is 7.68. The SMILES string of the molecule is Cc1c(Cl)cccc1-n1ccnc1SCC(=O)N(C)CC(=O)NC(C)(C)C. The fourth-order valence-corrected chi connectivity index (χ4v) is 3.51. The van der Waals surface area contributed by atoms with E-state index in [1.54, 1.807) is 13.2 Å². The van der Waals surface area contributed by atoms with Gasteiger partial charge in [0.25, 0.3) is 0 Å². The molecule has 0 saturated heterocycles. The lowest BCUT2D eigenvalue weighted by molar-refractivity contribution is -0.133. The number of nitrogens with zero attached hydrogens (tertiary/aromatic N) is 3. The molecule has 0 aliphatic heterocycles. The highest BCUT2D eigenvalue weighted by molar-refractivity contribution is 7.99. The van der Waals surface area contributed by atoms with Crippen molar-refractivity contribution in [2.45, 2.75) is 38.4 Å². The standard InChI is InChI=1S/C19H25ClN4O2S/c1-13-14(20)7-6-8-15(13)24-10-9-21-18(24)27-12-17(26)23(5)11-16(25)22-19(2,3)4/h6-10H,11-12H2,1-5H3,(H,22,25). The molecule has 1 aromatic heterocycles. The van der Waals surface area contributed by atoms with Gasteiger partial charge in [-0.25, -0.2) is 4.98 Å². The Hall–Kier alpha value is -1.99. The first kappa shape index (κ1) is 21.3. The zero-order chi connectivity index (χ0) is 20.2. The number of thioether (sulfide) groups is 1. The van der Waals surface area contributed by atoms with E-state index in [4.69, 9.17) is 11.6 Å². The van der Waals surface area contributed by atoms with Gasteiger partial charge in [0, 0.05) is 30.0 Å². The van der Waals surface area contributed by atoms with Crippen molar-refractivity contribution >= 4 is 35.2 Å². The van der Waals surface area contributed by atoms with Crippen LogP contribution in [0.4, 0.5) is 0 Å². The Morgan fingerprint density at radius 2 is 2.04 bits per heavy atom. The first-order valence-electron chi connectivity index (χ1n) is 8.55. The molecule has 6 nitrogen and oxygen atoms in total. The number of nitrogens with one attached hydrogen (secondary N) is 1. The molecule has 0 unspecified atom stereocenters. The minimum Gasteiger partial charge on any atom is -0.350 e. The van der Waals surface area contributed by atoms with Crippen molar-refractivity contribution in [3.8, 4) is 5.69 Å². The Balaban J connectivity index is 1.99. The van der Waals surface area contributed by atoms with E-state index in [-0.39, 0.29) is 29.7 Å². The summed E-state index contributed by atoms with van der Waals surface area (Å²) in [6, 6.07) is 5.68. The van der Waals surface area contributed by atoms with Crippen LogP contribution in [0.1, 0.15) is 26.3 Å².